The summed E-state index contributed by atoms with van der Waals surface area (Å²) in [6.07, 6.45) is 5.73. The lowest BCUT2D eigenvalue weighted by Gasteiger charge is -2.14. The standard InChI is InChI=1S/C28H31N5O5S/c1-29-28(35)33-12-8-19-15-24(23(17-22(19)33)37-14-13-36-2)38-20-7-9-30-26(16-20)31-27(34)25-6-5-21(39-25)18-32-10-3-4-11-32/h5-9,12,15-17H,3-4,10-11,13-14,18H2,1-2H3,(H,29,35)(H,30,31,34). The summed E-state index contributed by atoms with van der Waals surface area (Å²) in [5, 5.41) is 6.30. The number of nitrogens with zero attached hydrogens (tertiary/aromatic N) is 3. The maximum Gasteiger partial charge on any atom is 0.325 e. The molecule has 4 heterocycles. The van der Waals surface area contributed by atoms with Crippen molar-refractivity contribution in [2.45, 2.75) is 19.4 Å². The van der Waals surface area contributed by atoms with Gasteiger partial charge in [0.05, 0.1) is 17.0 Å². The smallest absolute Gasteiger partial charge is 0.325 e. The summed E-state index contributed by atoms with van der Waals surface area (Å²) in [4.78, 5) is 33.7. The zero-order valence-corrected chi connectivity index (χ0v) is 22.8. The van der Waals surface area contributed by atoms with E-state index in [1.54, 1.807) is 44.8 Å². The average molecular weight is 550 g/mol. The molecule has 10 nitrogen and oxygen atoms in total. The van der Waals surface area contributed by atoms with Gasteiger partial charge in [-0.1, -0.05) is 0 Å². The van der Waals surface area contributed by atoms with E-state index < -0.39 is 0 Å². The molecule has 0 unspecified atom stereocenters. The predicted octanol–water partition coefficient (Wildman–Crippen LogP) is 4.95. The molecule has 0 radical (unpaired) electrons. The highest BCUT2D eigenvalue weighted by molar-refractivity contribution is 7.14. The number of hydrogen-bond donors (Lipinski definition) is 2. The fraction of sp³-hybridized carbons (Fsp3) is 0.321. The first-order valence-corrected chi connectivity index (χ1v) is 13.6. The van der Waals surface area contributed by atoms with Gasteiger partial charge in [0.15, 0.2) is 11.5 Å². The van der Waals surface area contributed by atoms with Crippen molar-refractivity contribution in [1.29, 1.82) is 0 Å². The Kier molecular flexibility index (Phi) is 8.40. The lowest BCUT2D eigenvalue weighted by molar-refractivity contribution is 0.103. The highest BCUT2D eigenvalue weighted by Crippen LogP contribution is 2.36. The number of anilines is 1. The zero-order chi connectivity index (χ0) is 27.2. The number of hydrogen-bond acceptors (Lipinski definition) is 8. The molecule has 1 fully saturated rings. The number of carbonyl (C=O) groups is 2. The van der Waals surface area contributed by atoms with Gasteiger partial charge < -0.3 is 24.8 Å². The van der Waals surface area contributed by atoms with E-state index in [1.807, 2.05) is 24.3 Å². The summed E-state index contributed by atoms with van der Waals surface area (Å²) in [5.74, 6) is 1.55. The second-order valence-electron chi connectivity index (χ2n) is 9.12. The Bertz CT molecular complexity index is 1460. The summed E-state index contributed by atoms with van der Waals surface area (Å²) in [5.41, 5.74) is 0.678. The van der Waals surface area contributed by atoms with Crippen molar-refractivity contribution in [3.63, 3.8) is 0 Å². The fourth-order valence-corrected chi connectivity index (χ4v) is 5.41. The highest BCUT2D eigenvalue weighted by Gasteiger charge is 2.17. The molecule has 0 spiro atoms. The summed E-state index contributed by atoms with van der Waals surface area (Å²) < 4.78 is 18.7. The number of pyridine rings is 1. The molecule has 5 rings (SSSR count). The van der Waals surface area contributed by atoms with Gasteiger partial charge in [-0.3, -0.25) is 14.3 Å². The van der Waals surface area contributed by atoms with E-state index in [0.29, 0.717) is 46.7 Å². The molecule has 2 N–H and O–H groups in total. The van der Waals surface area contributed by atoms with Gasteiger partial charge in [0, 0.05) is 55.5 Å². The number of benzene rings is 1. The van der Waals surface area contributed by atoms with Crippen LogP contribution < -0.4 is 20.1 Å². The molecule has 3 aromatic heterocycles. The Morgan fingerprint density at radius 2 is 1.90 bits per heavy atom. The monoisotopic (exact) mass is 549 g/mol. The topological polar surface area (TPSA) is 107 Å². The van der Waals surface area contributed by atoms with Crippen LogP contribution in [0.5, 0.6) is 17.2 Å². The number of amides is 2. The molecular formula is C28H31N5O5S. The lowest BCUT2D eigenvalue weighted by atomic mass is 10.2. The van der Waals surface area contributed by atoms with Crippen LogP contribution in [0, 0.1) is 0 Å². The number of aromatic nitrogens is 2. The normalized spacial score (nSPS) is 13.5. The van der Waals surface area contributed by atoms with Crippen molar-refractivity contribution in [2.75, 3.05) is 45.8 Å². The molecule has 0 atom stereocenters. The van der Waals surface area contributed by atoms with Gasteiger partial charge in [0.1, 0.15) is 18.2 Å². The van der Waals surface area contributed by atoms with Crippen LogP contribution in [0.2, 0.25) is 0 Å². The molecule has 0 aliphatic carbocycles. The first kappa shape index (κ1) is 26.7. The van der Waals surface area contributed by atoms with E-state index in [-0.39, 0.29) is 11.9 Å². The van der Waals surface area contributed by atoms with E-state index >= 15 is 0 Å². The van der Waals surface area contributed by atoms with Gasteiger partial charge in [-0.15, -0.1) is 11.3 Å². The maximum atomic E-state index is 12.9. The van der Waals surface area contributed by atoms with Crippen LogP contribution in [0.3, 0.4) is 0 Å². The van der Waals surface area contributed by atoms with Crippen LogP contribution in [-0.2, 0) is 11.3 Å². The number of ether oxygens (including phenoxy) is 3. The Labute approximate surface area is 230 Å². The van der Waals surface area contributed by atoms with Crippen LogP contribution in [0.25, 0.3) is 10.9 Å². The molecule has 204 valence electrons. The van der Waals surface area contributed by atoms with Crippen molar-refractivity contribution in [2.24, 2.45) is 0 Å². The molecule has 11 heteroatoms. The minimum absolute atomic E-state index is 0.210. The van der Waals surface area contributed by atoms with Crippen molar-refractivity contribution < 1.29 is 23.8 Å². The van der Waals surface area contributed by atoms with Crippen LogP contribution in [0.15, 0.2) is 54.9 Å². The zero-order valence-electron chi connectivity index (χ0n) is 21.9. The van der Waals surface area contributed by atoms with E-state index in [0.717, 1.165) is 25.0 Å². The Balaban J connectivity index is 1.32. The van der Waals surface area contributed by atoms with Crippen LogP contribution >= 0.6 is 11.3 Å². The first-order chi connectivity index (χ1) is 19.0. The molecule has 0 saturated carbocycles. The Morgan fingerprint density at radius 3 is 2.69 bits per heavy atom. The average Bonchev–Trinajstić information content (AvgIpc) is 3.71. The molecule has 1 aliphatic rings. The molecule has 4 aromatic rings. The third kappa shape index (κ3) is 6.39. The molecule has 1 aliphatic heterocycles. The predicted molar refractivity (Wildman–Crippen MR) is 150 cm³/mol. The van der Waals surface area contributed by atoms with E-state index in [9.17, 15) is 9.59 Å². The van der Waals surface area contributed by atoms with Gasteiger partial charge >= 0.3 is 6.03 Å². The van der Waals surface area contributed by atoms with Crippen molar-refractivity contribution in [3.05, 3.63) is 64.6 Å². The number of likely N-dealkylation sites (tertiary alicyclic amines) is 1. The van der Waals surface area contributed by atoms with Crippen molar-refractivity contribution in [1.82, 2.24) is 19.8 Å². The summed E-state index contributed by atoms with van der Waals surface area (Å²) in [7, 11) is 3.17. The number of rotatable bonds is 10. The quantitative estimate of drug-likeness (QED) is 0.270. The number of methoxy groups -OCH3 is 1. The Morgan fingerprint density at radius 1 is 1.05 bits per heavy atom. The van der Waals surface area contributed by atoms with E-state index in [2.05, 4.69) is 20.5 Å². The summed E-state index contributed by atoms with van der Waals surface area (Å²) >= 11 is 1.50. The minimum atomic E-state index is -0.259. The second-order valence-corrected chi connectivity index (χ2v) is 10.3. The largest absolute Gasteiger partial charge is 0.487 e. The Hall–Kier alpha value is -3.93. The first-order valence-electron chi connectivity index (χ1n) is 12.8. The van der Waals surface area contributed by atoms with Crippen molar-refractivity contribution in [3.8, 4) is 17.2 Å². The van der Waals surface area contributed by atoms with Gasteiger partial charge in [-0.25, -0.2) is 9.78 Å². The summed E-state index contributed by atoms with van der Waals surface area (Å²) in [6, 6.07) is 12.4. The number of carbonyl (C=O) groups excluding carboxylic acids is 2. The van der Waals surface area contributed by atoms with Gasteiger partial charge in [0.25, 0.3) is 5.91 Å². The third-order valence-corrected chi connectivity index (χ3v) is 7.47. The number of thiophene rings is 1. The molecule has 39 heavy (non-hydrogen) atoms. The SMILES string of the molecule is CNC(=O)n1ccc2cc(Oc3ccnc(NC(=O)c4ccc(CN5CCCC5)s4)c3)c(OCCOC)cc21. The molecule has 2 amide bonds. The van der Waals surface area contributed by atoms with Gasteiger partial charge in [0.2, 0.25) is 0 Å². The van der Waals surface area contributed by atoms with Crippen LogP contribution in [0.4, 0.5) is 10.6 Å². The number of fused-ring (bicyclic) bond motifs is 1. The highest BCUT2D eigenvalue weighted by atomic mass is 32.1. The maximum absolute atomic E-state index is 12.9. The lowest BCUT2D eigenvalue weighted by Crippen LogP contribution is -2.23. The summed E-state index contributed by atoms with van der Waals surface area (Å²) in [6.45, 7) is 3.80. The van der Waals surface area contributed by atoms with Crippen molar-refractivity contribution >= 4 is 40.0 Å². The fourth-order valence-electron chi connectivity index (χ4n) is 4.46. The second kappa shape index (κ2) is 12.3. The minimum Gasteiger partial charge on any atom is -0.487 e. The molecular weight excluding hydrogens is 518 g/mol. The molecule has 1 saturated heterocycles. The van der Waals surface area contributed by atoms with E-state index in [1.165, 1.54) is 33.6 Å². The van der Waals surface area contributed by atoms with E-state index in [4.69, 9.17) is 14.2 Å². The van der Waals surface area contributed by atoms with Crippen LogP contribution in [0.1, 0.15) is 27.4 Å². The van der Waals surface area contributed by atoms with Gasteiger partial charge in [-0.2, -0.15) is 0 Å². The number of nitrogens with one attached hydrogen (secondary N) is 2. The van der Waals surface area contributed by atoms with Crippen LogP contribution in [-0.4, -0.2) is 66.9 Å². The molecule has 0 bridgehead atoms. The molecule has 1 aromatic carbocycles. The third-order valence-electron chi connectivity index (χ3n) is 6.40. The van der Waals surface area contributed by atoms with Gasteiger partial charge in [-0.05, 0) is 56.3 Å².